The molecule has 26 heavy (non-hydrogen) atoms. The standard InChI is InChI=1S/C20H22N2O3S/c1-3-10-21(14-18-5-4-11-26-18)20(24)15-12-19(23)22(13-15)16-6-8-17(25-2)9-7-16/h3-9,11,15H,1,10,12-14H2,2H3/t15-/m1/s1. The third kappa shape index (κ3) is 3.96. The molecule has 1 fully saturated rings. The van der Waals surface area contributed by atoms with Crippen LogP contribution in [0.5, 0.6) is 5.75 Å². The molecule has 0 N–H and O–H groups in total. The van der Waals surface area contributed by atoms with Gasteiger partial charge in [-0.2, -0.15) is 0 Å². The van der Waals surface area contributed by atoms with Crippen LogP contribution in [0.1, 0.15) is 11.3 Å². The molecule has 1 aromatic heterocycles. The van der Waals surface area contributed by atoms with Gasteiger partial charge < -0.3 is 14.5 Å². The molecule has 2 heterocycles. The SMILES string of the molecule is C=CCN(Cc1cccs1)C(=O)[C@@H]1CC(=O)N(c2ccc(OC)cc2)C1. The van der Waals surface area contributed by atoms with Crippen molar-refractivity contribution in [2.45, 2.75) is 13.0 Å². The van der Waals surface area contributed by atoms with Gasteiger partial charge in [-0.3, -0.25) is 9.59 Å². The highest BCUT2D eigenvalue weighted by Crippen LogP contribution is 2.28. The minimum atomic E-state index is -0.329. The first-order valence-electron chi connectivity index (χ1n) is 8.49. The van der Waals surface area contributed by atoms with Crippen molar-refractivity contribution in [2.24, 2.45) is 5.92 Å². The highest BCUT2D eigenvalue weighted by molar-refractivity contribution is 7.09. The van der Waals surface area contributed by atoms with Gasteiger partial charge in [0.15, 0.2) is 0 Å². The van der Waals surface area contributed by atoms with Gasteiger partial charge >= 0.3 is 0 Å². The van der Waals surface area contributed by atoms with Gasteiger partial charge in [0, 0.05) is 30.1 Å². The number of carbonyl (C=O) groups is 2. The number of carbonyl (C=O) groups excluding carboxylic acids is 2. The molecule has 2 amide bonds. The normalized spacial score (nSPS) is 16.6. The van der Waals surface area contributed by atoms with Crippen LogP contribution < -0.4 is 9.64 Å². The lowest BCUT2D eigenvalue weighted by Gasteiger charge is -2.24. The molecule has 6 heteroatoms. The monoisotopic (exact) mass is 370 g/mol. The second kappa shape index (κ2) is 8.19. The Morgan fingerprint density at radius 3 is 2.77 bits per heavy atom. The van der Waals surface area contributed by atoms with Gasteiger partial charge in [0.25, 0.3) is 0 Å². The topological polar surface area (TPSA) is 49.9 Å². The molecule has 0 saturated carbocycles. The van der Waals surface area contributed by atoms with E-state index in [9.17, 15) is 9.59 Å². The molecule has 3 rings (SSSR count). The second-order valence-electron chi connectivity index (χ2n) is 6.19. The molecule has 1 aromatic carbocycles. The predicted molar refractivity (Wildman–Crippen MR) is 103 cm³/mol. The lowest BCUT2D eigenvalue weighted by molar-refractivity contribution is -0.135. The summed E-state index contributed by atoms with van der Waals surface area (Å²) in [6.07, 6.45) is 1.96. The Morgan fingerprint density at radius 1 is 1.38 bits per heavy atom. The quantitative estimate of drug-likeness (QED) is 0.703. The Balaban J connectivity index is 1.70. The number of benzene rings is 1. The lowest BCUT2D eigenvalue weighted by Crippen LogP contribution is -2.37. The number of anilines is 1. The van der Waals surface area contributed by atoms with Crippen LogP contribution in [0.3, 0.4) is 0 Å². The summed E-state index contributed by atoms with van der Waals surface area (Å²) in [5, 5.41) is 2.00. The van der Waals surface area contributed by atoms with Gasteiger partial charge in [-0.25, -0.2) is 0 Å². The summed E-state index contributed by atoms with van der Waals surface area (Å²) in [6.45, 7) is 5.19. The molecule has 0 radical (unpaired) electrons. The van der Waals surface area contributed by atoms with Crippen molar-refractivity contribution >= 4 is 28.8 Å². The van der Waals surface area contributed by atoms with Crippen LogP contribution in [-0.2, 0) is 16.1 Å². The fourth-order valence-electron chi connectivity index (χ4n) is 3.12. The molecule has 0 unspecified atom stereocenters. The van der Waals surface area contributed by atoms with Crippen molar-refractivity contribution in [3.05, 3.63) is 59.3 Å². The molecule has 136 valence electrons. The van der Waals surface area contributed by atoms with E-state index in [0.717, 1.165) is 16.3 Å². The zero-order valence-electron chi connectivity index (χ0n) is 14.8. The Hall–Kier alpha value is -2.60. The zero-order chi connectivity index (χ0) is 18.5. The Labute approximate surface area is 157 Å². The number of nitrogens with zero attached hydrogens (tertiary/aromatic N) is 2. The third-order valence-electron chi connectivity index (χ3n) is 4.45. The van der Waals surface area contributed by atoms with Crippen LogP contribution in [0.4, 0.5) is 5.69 Å². The van der Waals surface area contributed by atoms with Crippen LogP contribution >= 0.6 is 11.3 Å². The van der Waals surface area contributed by atoms with Crippen molar-refractivity contribution in [3.63, 3.8) is 0 Å². The maximum absolute atomic E-state index is 13.0. The summed E-state index contributed by atoms with van der Waals surface area (Å²) < 4.78 is 5.15. The zero-order valence-corrected chi connectivity index (χ0v) is 15.6. The largest absolute Gasteiger partial charge is 0.497 e. The number of amides is 2. The number of hydrogen-bond acceptors (Lipinski definition) is 4. The smallest absolute Gasteiger partial charge is 0.228 e. The van der Waals surface area contributed by atoms with Gasteiger partial charge in [0.05, 0.1) is 19.6 Å². The van der Waals surface area contributed by atoms with Crippen molar-refractivity contribution in [1.82, 2.24) is 4.90 Å². The molecule has 1 aliphatic heterocycles. The Bertz CT molecular complexity index is 771. The first-order chi connectivity index (χ1) is 12.6. The maximum atomic E-state index is 13.0. The number of rotatable bonds is 7. The fraction of sp³-hybridized carbons (Fsp3) is 0.300. The Morgan fingerprint density at radius 2 is 2.15 bits per heavy atom. The lowest BCUT2D eigenvalue weighted by atomic mass is 10.1. The first kappa shape index (κ1) is 18.2. The van der Waals surface area contributed by atoms with Gasteiger partial charge in [0.2, 0.25) is 11.8 Å². The van der Waals surface area contributed by atoms with E-state index < -0.39 is 0 Å². The molecule has 0 bridgehead atoms. The molecule has 0 aliphatic carbocycles. The molecular formula is C20H22N2O3S. The van der Waals surface area contributed by atoms with Crippen LogP contribution in [0.25, 0.3) is 0 Å². The highest BCUT2D eigenvalue weighted by Gasteiger charge is 2.37. The second-order valence-corrected chi connectivity index (χ2v) is 7.22. The minimum absolute atomic E-state index is 0.00246. The van der Waals surface area contributed by atoms with E-state index in [4.69, 9.17) is 4.74 Å². The van der Waals surface area contributed by atoms with Crippen LogP contribution in [0.2, 0.25) is 0 Å². The molecule has 1 atom stereocenters. The van der Waals surface area contributed by atoms with Gasteiger partial charge in [-0.1, -0.05) is 12.1 Å². The summed E-state index contributed by atoms with van der Waals surface area (Å²) in [5.74, 6) is 0.386. The summed E-state index contributed by atoms with van der Waals surface area (Å²) in [6, 6.07) is 11.3. The van der Waals surface area contributed by atoms with Gasteiger partial charge in [-0.15, -0.1) is 17.9 Å². The highest BCUT2D eigenvalue weighted by atomic mass is 32.1. The third-order valence-corrected chi connectivity index (χ3v) is 5.31. The van der Waals surface area contributed by atoms with Crippen molar-refractivity contribution < 1.29 is 14.3 Å². The average molecular weight is 370 g/mol. The van der Waals surface area contributed by atoms with Gasteiger partial charge in [0.1, 0.15) is 5.75 Å². The molecule has 1 saturated heterocycles. The van der Waals surface area contributed by atoms with E-state index in [-0.39, 0.29) is 24.2 Å². The minimum Gasteiger partial charge on any atom is -0.497 e. The van der Waals surface area contributed by atoms with Crippen molar-refractivity contribution in [2.75, 3.05) is 25.1 Å². The van der Waals surface area contributed by atoms with Crippen LogP contribution in [-0.4, -0.2) is 36.9 Å². The molecule has 0 spiro atoms. The maximum Gasteiger partial charge on any atom is 0.228 e. The van der Waals surface area contributed by atoms with Crippen LogP contribution in [0.15, 0.2) is 54.4 Å². The van der Waals surface area contributed by atoms with E-state index in [2.05, 4.69) is 6.58 Å². The molecule has 5 nitrogen and oxygen atoms in total. The van der Waals surface area contributed by atoms with E-state index >= 15 is 0 Å². The Kier molecular flexibility index (Phi) is 5.73. The summed E-state index contributed by atoms with van der Waals surface area (Å²) in [5.41, 5.74) is 0.791. The summed E-state index contributed by atoms with van der Waals surface area (Å²) >= 11 is 1.62. The molecular weight excluding hydrogens is 348 g/mol. The number of thiophene rings is 1. The van der Waals surface area contributed by atoms with E-state index in [0.29, 0.717) is 19.6 Å². The molecule has 2 aromatic rings. The summed E-state index contributed by atoms with van der Waals surface area (Å²) in [7, 11) is 1.60. The number of ether oxygens (including phenoxy) is 1. The van der Waals surface area contributed by atoms with E-state index in [1.807, 2.05) is 41.8 Å². The number of methoxy groups -OCH3 is 1. The number of hydrogen-bond donors (Lipinski definition) is 0. The van der Waals surface area contributed by atoms with Crippen molar-refractivity contribution in [1.29, 1.82) is 0 Å². The van der Waals surface area contributed by atoms with E-state index in [1.165, 1.54) is 0 Å². The van der Waals surface area contributed by atoms with E-state index in [1.54, 1.807) is 34.3 Å². The van der Waals surface area contributed by atoms with Crippen molar-refractivity contribution in [3.8, 4) is 5.75 Å². The first-order valence-corrected chi connectivity index (χ1v) is 9.37. The predicted octanol–water partition coefficient (Wildman–Crippen LogP) is 3.32. The summed E-state index contributed by atoms with van der Waals surface area (Å²) in [4.78, 5) is 30.0. The fourth-order valence-corrected chi connectivity index (χ4v) is 3.84. The average Bonchev–Trinajstić information content (AvgIpc) is 3.30. The molecule has 1 aliphatic rings. The van der Waals surface area contributed by atoms with Gasteiger partial charge in [-0.05, 0) is 35.7 Å². The van der Waals surface area contributed by atoms with Crippen LogP contribution in [0, 0.1) is 5.92 Å².